The topological polar surface area (TPSA) is 32.3 Å². The van der Waals surface area contributed by atoms with Crippen molar-refractivity contribution in [3.05, 3.63) is 35.4 Å². The van der Waals surface area contributed by atoms with Gasteiger partial charge in [0.1, 0.15) is 0 Å². The number of rotatable bonds is 5. The van der Waals surface area contributed by atoms with Crippen molar-refractivity contribution in [2.45, 2.75) is 57.5 Å². The highest BCUT2D eigenvalue weighted by Gasteiger charge is 2.34. The van der Waals surface area contributed by atoms with Crippen LogP contribution in [0.3, 0.4) is 0 Å². The number of nitrogens with zero attached hydrogens (tertiary/aromatic N) is 1. The van der Waals surface area contributed by atoms with Crippen molar-refractivity contribution >= 4 is 5.91 Å². The summed E-state index contributed by atoms with van der Waals surface area (Å²) in [7, 11) is 0. The molecule has 2 aliphatic rings. The van der Waals surface area contributed by atoms with E-state index in [1.807, 2.05) is 12.1 Å². The smallest absolute Gasteiger partial charge is 0.254 e. The Morgan fingerprint density at radius 2 is 1.95 bits per heavy atom. The summed E-state index contributed by atoms with van der Waals surface area (Å²) in [6.07, 6.45) is 4.77. The van der Waals surface area contributed by atoms with Crippen molar-refractivity contribution in [3.8, 4) is 0 Å². The Hall–Kier alpha value is -1.35. The SMILES string of the molecule is CC(C)c1ccc(C(=O)N(CC2CCCN2)C2CC2)cc1. The monoisotopic (exact) mass is 286 g/mol. The molecule has 1 aromatic carbocycles. The predicted octanol–water partition coefficient (Wildman–Crippen LogP) is 3.17. The molecule has 1 unspecified atom stereocenters. The normalized spacial score (nSPS) is 21.8. The quantitative estimate of drug-likeness (QED) is 0.901. The molecule has 1 saturated carbocycles. The van der Waals surface area contributed by atoms with E-state index in [2.05, 4.69) is 36.2 Å². The van der Waals surface area contributed by atoms with Crippen LogP contribution in [0.5, 0.6) is 0 Å². The number of carbonyl (C=O) groups is 1. The summed E-state index contributed by atoms with van der Waals surface area (Å²) < 4.78 is 0. The molecule has 1 amide bonds. The predicted molar refractivity (Wildman–Crippen MR) is 85.6 cm³/mol. The summed E-state index contributed by atoms with van der Waals surface area (Å²) in [4.78, 5) is 14.9. The van der Waals surface area contributed by atoms with Gasteiger partial charge < -0.3 is 10.2 Å². The fraction of sp³-hybridized carbons (Fsp3) is 0.611. The summed E-state index contributed by atoms with van der Waals surface area (Å²) in [5.41, 5.74) is 2.13. The molecule has 0 radical (unpaired) electrons. The molecule has 1 heterocycles. The largest absolute Gasteiger partial charge is 0.334 e. The second kappa shape index (κ2) is 6.18. The second-order valence-corrected chi connectivity index (χ2v) is 6.76. The standard InChI is InChI=1S/C18H26N2O/c1-13(2)14-5-7-15(8-6-14)18(21)20(17-9-10-17)12-16-4-3-11-19-16/h5-8,13,16-17,19H,3-4,9-12H2,1-2H3. The average molecular weight is 286 g/mol. The van der Waals surface area contributed by atoms with Crippen LogP contribution >= 0.6 is 0 Å². The molecule has 1 atom stereocenters. The van der Waals surface area contributed by atoms with Gasteiger partial charge in [-0.05, 0) is 55.8 Å². The highest BCUT2D eigenvalue weighted by atomic mass is 16.2. The Balaban J connectivity index is 1.70. The van der Waals surface area contributed by atoms with Crippen LogP contribution in [0.15, 0.2) is 24.3 Å². The first kappa shape index (κ1) is 14.6. The first-order valence-corrected chi connectivity index (χ1v) is 8.29. The molecular formula is C18H26N2O. The van der Waals surface area contributed by atoms with Crippen molar-refractivity contribution in [1.82, 2.24) is 10.2 Å². The van der Waals surface area contributed by atoms with Gasteiger partial charge in [0.15, 0.2) is 0 Å². The molecule has 1 aromatic rings. The third kappa shape index (κ3) is 3.46. The number of hydrogen-bond donors (Lipinski definition) is 1. The maximum Gasteiger partial charge on any atom is 0.254 e. The summed E-state index contributed by atoms with van der Waals surface area (Å²) >= 11 is 0. The van der Waals surface area contributed by atoms with Crippen molar-refractivity contribution in [1.29, 1.82) is 0 Å². The van der Waals surface area contributed by atoms with E-state index in [9.17, 15) is 4.79 Å². The van der Waals surface area contributed by atoms with E-state index in [0.717, 1.165) is 18.7 Å². The van der Waals surface area contributed by atoms with E-state index < -0.39 is 0 Å². The summed E-state index contributed by atoms with van der Waals surface area (Å²) in [5.74, 6) is 0.720. The van der Waals surface area contributed by atoms with Crippen LogP contribution in [0.25, 0.3) is 0 Å². The van der Waals surface area contributed by atoms with Crippen LogP contribution in [-0.2, 0) is 0 Å². The van der Waals surface area contributed by atoms with Gasteiger partial charge in [-0.15, -0.1) is 0 Å². The number of amides is 1. The Bertz CT molecular complexity index is 484. The Morgan fingerprint density at radius 3 is 2.48 bits per heavy atom. The van der Waals surface area contributed by atoms with Gasteiger partial charge in [0.25, 0.3) is 5.91 Å². The Kier molecular flexibility index (Phi) is 4.29. The van der Waals surface area contributed by atoms with Crippen LogP contribution in [-0.4, -0.2) is 36.0 Å². The molecule has 1 saturated heterocycles. The van der Waals surface area contributed by atoms with Crippen LogP contribution in [0.2, 0.25) is 0 Å². The lowest BCUT2D eigenvalue weighted by molar-refractivity contribution is 0.0728. The third-order valence-electron chi connectivity index (χ3n) is 4.65. The molecule has 1 aliphatic heterocycles. The lowest BCUT2D eigenvalue weighted by Crippen LogP contribution is -2.42. The van der Waals surface area contributed by atoms with Crippen LogP contribution in [0.1, 0.15) is 61.4 Å². The molecule has 0 bridgehead atoms. The highest BCUT2D eigenvalue weighted by molar-refractivity contribution is 5.94. The molecule has 2 fully saturated rings. The van der Waals surface area contributed by atoms with Gasteiger partial charge >= 0.3 is 0 Å². The molecule has 1 aliphatic carbocycles. The van der Waals surface area contributed by atoms with E-state index in [0.29, 0.717) is 18.0 Å². The number of carbonyl (C=O) groups excluding carboxylic acids is 1. The van der Waals surface area contributed by atoms with E-state index in [1.54, 1.807) is 0 Å². The minimum absolute atomic E-state index is 0.210. The molecule has 3 rings (SSSR count). The van der Waals surface area contributed by atoms with Crippen LogP contribution in [0, 0.1) is 0 Å². The fourth-order valence-electron chi connectivity index (χ4n) is 3.11. The van der Waals surface area contributed by atoms with E-state index in [-0.39, 0.29) is 5.91 Å². The molecule has 0 spiro atoms. The zero-order valence-electron chi connectivity index (χ0n) is 13.1. The third-order valence-corrected chi connectivity index (χ3v) is 4.65. The zero-order chi connectivity index (χ0) is 14.8. The maximum absolute atomic E-state index is 12.8. The van der Waals surface area contributed by atoms with Crippen molar-refractivity contribution in [2.75, 3.05) is 13.1 Å². The number of nitrogens with one attached hydrogen (secondary N) is 1. The molecule has 114 valence electrons. The fourth-order valence-corrected chi connectivity index (χ4v) is 3.11. The van der Waals surface area contributed by atoms with E-state index in [4.69, 9.17) is 0 Å². The van der Waals surface area contributed by atoms with Gasteiger partial charge in [0.05, 0.1) is 0 Å². The lowest BCUT2D eigenvalue weighted by Gasteiger charge is -2.26. The lowest BCUT2D eigenvalue weighted by atomic mass is 10.0. The summed E-state index contributed by atoms with van der Waals surface area (Å²) in [5, 5.41) is 3.51. The Morgan fingerprint density at radius 1 is 1.24 bits per heavy atom. The summed E-state index contributed by atoms with van der Waals surface area (Å²) in [6.45, 7) is 6.33. The highest BCUT2D eigenvalue weighted by Crippen LogP contribution is 2.29. The maximum atomic E-state index is 12.8. The molecule has 21 heavy (non-hydrogen) atoms. The first-order chi connectivity index (χ1) is 10.1. The van der Waals surface area contributed by atoms with Gasteiger partial charge in [0.2, 0.25) is 0 Å². The van der Waals surface area contributed by atoms with Crippen LogP contribution in [0.4, 0.5) is 0 Å². The van der Waals surface area contributed by atoms with Crippen molar-refractivity contribution in [2.24, 2.45) is 0 Å². The van der Waals surface area contributed by atoms with Gasteiger partial charge in [-0.1, -0.05) is 26.0 Å². The first-order valence-electron chi connectivity index (χ1n) is 8.29. The van der Waals surface area contributed by atoms with Crippen molar-refractivity contribution in [3.63, 3.8) is 0 Å². The van der Waals surface area contributed by atoms with Gasteiger partial charge in [-0.25, -0.2) is 0 Å². The van der Waals surface area contributed by atoms with E-state index in [1.165, 1.54) is 31.2 Å². The number of hydrogen-bond acceptors (Lipinski definition) is 2. The molecule has 3 heteroatoms. The minimum Gasteiger partial charge on any atom is -0.334 e. The van der Waals surface area contributed by atoms with Gasteiger partial charge in [-0.3, -0.25) is 4.79 Å². The molecule has 0 aromatic heterocycles. The zero-order valence-corrected chi connectivity index (χ0v) is 13.1. The molecule has 1 N–H and O–H groups in total. The average Bonchev–Trinajstić information content (AvgIpc) is 3.20. The summed E-state index contributed by atoms with van der Waals surface area (Å²) in [6, 6.07) is 9.15. The number of benzene rings is 1. The molecule has 3 nitrogen and oxygen atoms in total. The molecular weight excluding hydrogens is 260 g/mol. The minimum atomic E-state index is 0.210. The van der Waals surface area contributed by atoms with Crippen molar-refractivity contribution < 1.29 is 4.79 Å². The Labute approximate surface area is 127 Å². The van der Waals surface area contributed by atoms with Gasteiger partial charge in [-0.2, -0.15) is 0 Å². The van der Waals surface area contributed by atoms with Crippen LogP contribution < -0.4 is 5.32 Å². The van der Waals surface area contributed by atoms with E-state index >= 15 is 0 Å². The van der Waals surface area contributed by atoms with Gasteiger partial charge in [0, 0.05) is 24.2 Å². The second-order valence-electron chi connectivity index (χ2n) is 6.76.